The van der Waals surface area contributed by atoms with Gasteiger partial charge < -0.3 is 10.1 Å². The van der Waals surface area contributed by atoms with Crippen LogP contribution in [0.3, 0.4) is 0 Å². The van der Waals surface area contributed by atoms with Crippen LogP contribution in [0.15, 0.2) is 48.5 Å². The van der Waals surface area contributed by atoms with Gasteiger partial charge in [0.2, 0.25) is 0 Å². The Morgan fingerprint density at radius 3 is 2.45 bits per heavy atom. The van der Waals surface area contributed by atoms with Crippen LogP contribution in [-0.4, -0.2) is 32.8 Å². The van der Waals surface area contributed by atoms with E-state index in [-0.39, 0.29) is 18.0 Å². The van der Waals surface area contributed by atoms with Crippen LogP contribution >= 0.6 is 0 Å². The molecule has 0 bridgehead atoms. The summed E-state index contributed by atoms with van der Waals surface area (Å²) >= 11 is 0. The summed E-state index contributed by atoms with van der Waals surface area (Å²) in [5, 5.41) is 14.7. The van der Waals surface area contributed by atoms with E-state index in [0.29, 0.717) is 22.5 Å². The van der Waals surface area contributed by atoms with Gasteiger partial charge in [0.1, 0.15) is 5.82 Å². The van der Waals surface area contributed by atoms with Crippen molar-refractivity contribution in [2.45, 2.75) is 19.7 Å². The molecule has 0 atom stereocenters. The van der Waals surface area contributed by atoms with E-state index in [1.165, 1.54) is 35.9 Å². The van der Waals surface area contributed by atoms with Crippen molar-refractivity contribution in [3.63, 3.8) is 0 Å². The topological polar surface area (TPSA) is 81.4 Å². The first-order chi connectivity index (χ1) is 15.7. The smallest absolute Gasteiger partial charge is 0.378 e. The average molecular weight is 459 g/mol. The SMILES string of the molecule is COCc1nn2c(C)c(C(=O)Nc3ccccc3C(F)(F)F)nnc2c1-c1ccc(F)cc1. The number of carbonyl (C=O) groups excluding carboxylic acids is 1. The highest BCUT2D eigenvalue weighted by Gasteiger charge is 2.34. The number of alkyl halides is 3. The van der Waals surface area contributed by atoms with Crippen LogP contribution in [0.1, 0.15) is 27.4 Å². The number of benzene rings is 2. The molecular weight excluding hydrogens is 442 g/mol. The van der Waals surface area contributed by atoms with Crippen LogP contribution in [0.25, 0.3) is 16.8 Å². The first-order valence-electron chi connectivity index (χ1n) is 9.68. The zero-order chi connectivity index (χ0) is 23.8. The number of halogens is 4. The van der Waals surface area contributed by atoms with Gasteiger partial charge in [-0.2, -0.15) is 18.3 Å². The Hall–Kier alpha value is -3.86. The summed E-state index contributed by atoms with van der Waals surface area (Å²) in [5.41, 5.74) is 0.600. The van der Waals surface area contributed by atoms with Gasteiger partial charge in [0.25, 0.3) is 5.91 Å². The number of para-hydroxylation sites is 1. The van der Waals surface area contributed by atoms with Gasteiger partial charge in [0.15, 0.2) is 11.3 Å². The first-order valence-corrected chi connectivity index (χ1v) is 9.68. The molecule has 170 valence electrons. The molecule has 11 heteroatoms. The number of methoxy groups -OCH3 is 1. The fraction of sp³-hybridized carbons (Fsp3) is 0.182. The van der Waals surface area contributed by atoms with Gasteiger partial charge in [0, 0.05) is 7.11 Å². The molecule has 2 aromatic heterocycles. The van der Waals surface area contributed by atoms with Crippen molar-refractivity contribution >= 4 is 17.2 Å². The second-order valence-corrected chi connectivity index (χ2v) is 7.13. The molecule has 0 saturated carbocycles. The number of anilines is 1. The van der Waals surface area contributed by atoms with E-state index < -0.39 is 29.2 Å². The number of aryl methyl sites for hydroxylation is 1. The molecule has 4 rings (SSSR count). The third-order valence-corrected chi connectivity index (χ3v) is 4.95. The van der Waals surface area contributed by atoms with Gasteiger partial charge in [-0.25, -0.2) is 8.91 Å². The summed E-state index contributed by atoms with van der Waals surface area (Å²) in [6.45, 7) is 1.65. The highest BCUT2D eigenvalue weighted by Crippen LogP contribution is 2.35. The van der Waals surface area contributed by atoms with E-state index in [1.54, 1.807) is 19.1 Å². The minimum Gasteiger partial charge on any atom is -0.378 e. The number of nitrogens with zero attached hydrogens (tertiary/aromatic N) is 4. The predicted molar refractivity (Wildman–Crippen MR) is 111 cm³/mol. The molecule has 0 aliphatic carbocycles. The molecule has 1 amide bonds. The molecule has 2 heterocycles. The van der Waals surface area contributed by atoms with Crippen molar-refractivity contribution in [2.24, 2.45) is 0 Å². The van der Waals surface area contributed by atoms with Crippen molar-refractivity contribution in [3.8, 4) is 11.1 Å². The maximum atomic E-state index is 13.4. The van der Waals surface area contributed by atoms with Crippen LogP contribution in [0.5, 0.6) is 0 Å². The number of hydrogen-bond acceptors (Lipinski definition) is 5. The molecule has 33 heavy (non-hydrogen) atoms. The summed E-state index contributed by atoms with van der Waals surface area (Å²) in [6, 6.07) is 10.3. The van der Waals surface area contributed by atoms with Crippen LogP contribution in [0.2, 0.25) is 0 Å². The second-order valence-electron chi connectivity index (χ2n) is 7.13. The zero-order valence-corrected chi connectivity index (χ0v) is 17.4. The molecule has 0 unspecified atom stereocenters. The van der Waals surface area contributed by atoms with E-state index in [0.717, 1.165) is 12.1 Å². The van der Waals surface area contributed by atoms with E-state index in [4.69, 9.17) is 4.74 Å². The predicted octanol–water partition coefficient (Wildman–Crippen LogP) is 4.66. The van der Waals surface area contributed by atoms with E-state index in [9.17, 15) is 22.4 Å². The Morgan fingerprint density at radius 2 is 1.79 bits per heavy atom. The molecule has 2 aromatic carbocycles. The van der Waals surface area contributed by atoms with Crippen LogP contribution in [0.4, 0.5) is 23.2 Å². The standard InChI is InChI=1S/C22H17F4N5O2/c1-12-19(21(32)27-16-6-4-3-5-15(16)22(24,25)26)28-29-20-18(13-7-9-14(23)10-8-13)17(11-33-2)30-31(12)20/h3-10H,11H2,1-2H3,(H,27,32). The van der Waals surface area contributed by atoms with Crippen molar-refractivity contribution in [1.82, 2.24) is 19.8 Å². The summed E-state index contributed by atoms with van der Waals surface area (Å²) in [6.07, 6.45) is -4.64. The maximum absolute atomic E-state index is 13.4. The lowest BCUT2D eigenvalue weighted by molar-refractivity contribution is -0.136. The third kappa shape index (κ3) is 4.27. The van der Waals surface area contributed by atoms with Gasteiger partial charge in [0.05, 0.1) is 34.8 Å². The van der Waals surface area contributed by atoms with Gasteiger partial charge in [-0.15, -0.1) is 10.2 Å². The number of hydrogen-bond donors (Lipinski definition) is 1. The van der Waals surface area contributed by atoms with Crippen LogP contribution in [0, 0.1) is 12.7 Å². The Labute approximate surface area is 185 Å². The van der Waals surface area contributed by atoms with Crippen molar-refractivity contribution in [1.29, 1.82) is 0 Å². The van der Waals surface area contributed by atoms with Gasteiger partial charge in [-0.05, 0) is 36.8 Å². The quantitative estimate of drug-likeness (QED) is 0.439. The number of carbonyl (C=O) groups is 1. The first kappa shape index (κ1) is 22.3. The largest absolute Gasteiger partial charge is 0.418 e. The minimum absolute atomic E-state index is 0.107. The fourth-order valence-corrected chi connectivity index (χ4v) is 3.43. The lowest BCUT2D eigenvalue weighted by Crippen LogP contribution is -2.20. The normalized spacial score (nSPS) is 11.7. The highest BCUT2D eigenvalue weighted by molar-refractivity contribution is 6.04. The fourth-order valence-electron chi connectivity index (χ4n) is 3.43. The van der Waals surface area contributed by atoms with E-state index in [2.05, 4.69) is 20.6 Å². The molecule has 4 aromatic rings. The lowest BCUT2D eigenvalue weighted by atomic mass is 10.1. The van der Waals surface area contributed by atoms with Crippen molar-refractivity contribution < 1.29 is 27.1 Å². The third-order valence-electron chi connectivity index (χ3n) is 4.95. The molecule has 0 aliphatic heterocycles. The molecule has 0 saturated heterocycles. The van der Waals surface area contributed by atoms with Crippen LogP contribution in [-0.2, 0) is 17.5 Å². The number of fused-ring (bicyclic) bond motifs is 1. The molecule has 0 fully saturated rings. The molecule has 0 spiro atoms. The average Bonchev–Trinajstić information content (AvgIpc) is 3.13. The van der Waals surface area contributed by atoms with Gasteiger partial charge in [-0.3, -0.25) is 4.79 Å². The summed E-state index contributed by atoms with van der Waals surface area (Å²) in [7, 11) is 1.48. The summed E-state index contributed by atoms with van der Waals surface area (Å²) < 4.78 is 59.8. The highest BCUT2D eigenvalue weighted by atomic mass is 19.4. The second kappa shape index (κ2) is 8.58. The molecule has 0 radical (unpaired) electrons. The molecule has 1 N–H and O–H groups in total. The summed E-state index contributed by atoms with van der Waals surface area (Å²) in [5.74, 6) is -1.28. The Bertz CT molecular complexity index is 1330. The molecular formula is C22H17F4N5O2. The number of nitrogens with one attached hydrogen (secondary N) is 1. The Balaban J connectivity index is 1.78. The van der Waals surface area contributed by atoms with Crippen molar-refractivity contribution in [2.75, 3.05) is 12.4 Å². The number of amides is 1. The van der Waals surface area contributed by atoms with E-state index >= 15 is 0 Å². The van der Waals surface area contributed by atoms with Gasteiger partial charge in [-0.1, -0.05) is 24.3 Å². The Kier molecular flexibility index (Phi) is 5.81. The monoisotopic (exact) mass is 459 g/mol. The lowest BCUT2D eigenvalue weighted by Gasteiger charge is -2.13. The molecule has 0 aliphatic rings. The minimum atomic E-state index is -4.64. The number of ether oxygens (including phenoxy) is 1. The van der Waals surface area contributed by atoms with Crippen LogP contribution < -0.4 is 5.32 Å². The number of aromatic nitrogens is 4. The van der Waals surface area contributed by atoms with Crippen molar-refractivity contribution in [3.05, 3.63) is 77.0 Å². The molecule has 7 nitrogen and oxygen atoms in total. The zero-order valence-electron chi connectivity index (χ0n) is 17.4. The Morgan fingerprint density at radius 1 is 1.09 bits per heavy atom. The maximum Gasteiger partial charge on any atom is 0.418 e. The van der Waals surface area contributed by atoms with E-state index in [1.807, 2.05) is 0 Å². The number of rotatable bonds is 5. The summed E-state index contributed by atoms with van der Waals surface area (Å²) in [4.78, 5) is 12.8. The van der Waals surface area contributed by atoms with Gasteiger partial charge >= 0.3 is 6.18 Å².